The summed E-state index contributed by atoms with van der Waals surface area (Å²) >= 11 is 1.78. The normalized spacial score (nSPS) is 11.0. The van der Waals surface area contributed by atoms with Gasteiger partial charge in [0.05, 0.1) is 31.9 Å². The van der Waals surface area contributed by atoms with Crippen molar-refractivity contribution < 1.29 is 9.47 Å². The Balaban J connectivity index is 0.00000392. The molecule has 0 spiro atoms. The third kappa shape index (κ3) is 8.74. The van der Waals surface area contributed by atoms with Crippen LogP contribution in [0.2, 0.25) is 0 Å². The maximum absolute atomic E-state index is 5.73. The van der Waals surface area contributed by atoms with E-state index >= 15 is 0 Å². The number of hydrogen-bond donors (Lipinski definition) is 2. The van der Waals surface area contributed by atoms with Crippen LogP contribution in [0.1, 0.15) is 29.3 Å². The zero-order valence-electron chi connectivity index (χ0n) is 16.9. The molecule has 0 aliphatic heterocycles. The fourth-order valence-corrected chi connectivity index (χ4v) is 3.34. The molecule has 2 N–H and O–H groups in total. The van der Waals surface area contributed by atoms with E-state index in [1.54, 1.807) is 18.4 Å². The van der Waals surface area contributed by atoms with E-state index in [9.17, 15) is 0 Å². The Morgan fingerprint density at radius 1 is 1.21 bits per heavy atom. The van der Waals surface area contributed by atoms with Crippen LogP contribution >= 0.6 is 35.3 Å². The number of thiazole rings is 1. The number of nitrogens with zero attached hydrogens (tertiary/aromatic N) is 2. The number of aromatic nitrogens is 1. The lowest BCUT2D eigenvalue weighted by atomic mass is 10.2. The first-order valence-electron chi connectivity index (χ1n) is 9.42. The van der Waals surface area contributed by atoms with Gasteiger partial charge >= 0.3 is 0 Å². The Morgan fingerprint density at radius 2 is 2.04 bits per heavy atom. The van der Waals surface area contributed by atoms with Gasteiger partial charge < -0.3 is 20.1 Å². The van der Waals surface area contributed by atoms with Crippen LogP contribution < -0.4 is 15.4 Å². The number of aliphatic imine (C=N–C) groups is 1. The number of nitrogens with one attached hydrogen (secondary N) is 2. The number of aryl methyl sites for hydroxylation is 1. The van der Waals surface area contributed by atoms with Gasteiger partial charge in [-0.05, 0) is 19.4 Å². The smallest absolute Gasteiger partial charge is 0.191 e. The van der Waals surface area contributed by atoms with Crippen molar-refractivity contribution in [2.75, 3.05) is 33.4 Å². The van der Waals surface area contributed by atoms with Crippen LogP contribution in [0.5, 0.6) is 5.75 Å². The van der Waals surface area contributed by atoms with E-state index in [1.807, 2.05) is 30.5 Å². The molecule has 0 amide bonds. The summed E-state index contributed by atoms with van der Waals surface area (Å²) in [7, 11) is 1.67. The fourth-order valence-electron chi connectivity index (χ4n) is 2.48. The molecule has 0 bridgehead atoms. The maximum atomic E-state index is 5.73. The largest absolute Gasteiger partial charge is 0.496 e. The van der Waals surface area contributed by atoms with Gasteiger partial charge in [-0.2, -0.15) is 0 Å². The summed E-state index contributed by atoms with van der Waals surface area (Å²) in [6.07, 6.45) is 3.92. The number of benzene rings is 1. The Morgan fingerprint density at radius 3 is 2.75 bits per heavy atom. The van der Waals surface area contributed by atoms with Gasteiger partial charge in [-0.15, -0.1) is 35.3 Å². The van der Waals surface area contributed by atoms with E-state index in [0.717, 1.165) is 48.2 Å². The van der Waals surface area contributed by atoms with Crippen molar-refractivity contribution in [1.29, 1.82) is 0 Å². The van der Waals surface area contributed by atoms with Crippen molar-refractivity contribution in [1.82, 2.24) is 15.6 Å². The molecule has 0 radical (unpaired) electrons. The number of para-hydroxylation sites is 1. The number of guanidine groups is 1. The molecular formula is C20H31IN4O2S. The monoisotopic (exact) mass is 518 g/mol. The van der Waals surface area contributed by atoms with E-state index in [-0.39, 0.29) is 24.0 Å². The topological polar surface area (TPSA) is 67.8 Å². The van der Waals surface area contributed by atoms with Crippen LogP contribution in [0.4, 0.5) is 0 Å². The van der Waals surface area contributed by atoms with Gasteiger partial charge in [0.15, 0.2) is 5.96 Å². The van der Waals surface area contributed by atoms with Crippen molar-refractivity contribution in [3.63, 3.8) is 0 Å². The van der Waals surface area contributed by atoms with Crippen LogP contribution in [0.3, 0.4) is 0 Å². The molecule has 0 atom stereocenters. The molecular weight excluding hydrogens is 487 g/mol. The zero-order valence-corrected chi connectivity index (χ0v) is 20.0. The summed E-state index contributed by atoms with van der Waals surface area (Å²) in [6, 6.07) is 7.89. The highest BCUT2D eigenvalue weighted by atomic mass is 127. The molecule has 2 aromatic rings. The minimum atomic E-state index is 0. The molecule has 156 valence electrons. The summed E-state index contributed by atoms with van der Waals surface area (Å²) in [5.74, 6) is 1.66. The van der Waals surface area contributed by atoms with E-state index in [2.05, 4.69) is 34.5 Å². The molecule has 0 aliphatic rings. The second kappa shape index (κ2) is 14.6. The average molecular weight is 518 g/mol. The molecule has 2 rings (SSSR count). The molecule has 0 unspecified atom stereocenters. The van der Waals surface area contributed by atoms with Crippen LogP contribution in [0, 0.1) is 0 Å². The quantitative estimate of drug-likeness (QED) is 0.206. The standard InChI is InChI=1S/C20H30N4O2S.HI/c1-4-17-14-24-19(27-17)10-11-22-20(21-5-2)23-12-13-26-15-16-8-6-7-9-18(16)25-3;/h6-9,14H,4-5,10-13,15H2,1-3H3,(H2,21,22,23);1H. The van der Waals surface area contributed by atoms with Gasteiger partial charge in [-0.1, -0.05) is 25.1 Å². The highest BCUT2D eigenvalue weighted by molar-refractivity contribution is 14.0. The second-order valence-electron chi connectivity index (χ2n) is 5.88. The molecule has 0 saturated carbocycles. The van der Waals surface area contributed by atoms with Gasteiger partial charge in [0.25, 0.3) is 0 Å². The highest BCUT2D eigenvalue weighted by Crippen LogP contribution is 2.17. The Hall–Kier alpha value is -1.39. The lowest BCUT2D eigenvalue weighted by molar-refractivity contribution is 0.126. The fraction of sp³-hybridized carbons (Fsp3) is 0.500. The van der Waals surface area contributed by atoms with Crippen LogP contribution in [-0.4, -0.2) is 44.3 Å². The first-order valence-corrected chi connectivity index (χ1v) is 10.2. The third-order valence-corrected chi connectivity index (χ3v) is 5.08. The summed E-state index contributed by atoms with van der Waals surface area (Å²) in [5.41, 5.74) is 1.05. The van der Waals surface area contributed by atoms with Gasteiger partial charge in [0.2, 0.25) is 0 Å². The lowest BCUT2D eigenvalue weighted by Crippen LogP contribution is -2.38. The SMILES string of the molecule is CCNC(=NCCOCc1ccccc1OC)NCCc1ncc(CC)s1.I. The number of halogens is 1. The molecule has 8 heteroatoms. The second-order valence-corrected chi connectivity index (χ2v) is 7.08. The summed E-state index contributed by atoms with van der Waals surface area (Å²) in [5, 5.41) is 7.77. The minimum absolute atomic E-state index is 0. The molecule has 1 heterocycles. The first-order chi connectivity index (χ1) is 13.3. The van der Waals surface area contributed by atoms with Crippen LogP contribution in [-0.2, 0) is 24.2 Å². The molecule has 1 aromatic carbocycles. The maximum Gasteiger partial charge on any atom is 0.191 e. The van der Waals surface area contributed by atoms with E-state index in [1.165, 1.54) is 4.88 Å². The number of hydrogen-bond acceptors (Lipinski definition) is 5. The predicted octanol–water partition coefficient (Wildman–Crippen LogP) is 3.65. The zero-order chi connectivity index (χ0) is 19.3. The van der Waals surface area contributed by atoms with Crippen LogP contribution in [0.25, 0.3) is 0 Å². The van der Waals surface area contributed by atoms with Crippen molar-refractivity contribution in [2.24, 2.45) is 4.99 Å². The molecule has 1 aromatic heterocycles. The van der Waals surface area contributed by atoms with Gasteiger partial charge in [-0.3, -0.25) is 4.99 Å². The Bertz CT molecular complexity index is 709. The lowest BCUT2D eigenvalue weighted by Gasteiger charge is -2.11. The number of methoxy groups -OCH3 is 1. The van der Waals surface area contributed by atoms with Gasteiger partial charge in [0, 0.05) is 36.1 Å². The van der Waals surface area contributed by atoms with Gasteiger partial charge in [-0.25, -0.2) is 4.98 Å². The minimum Gasteiger partial charge on any atom is -0.496 e. The average Bonchev–Trinajstić information content (AvgIpc) is 3.16. The summed E-state index contributed by atoms with van der Waals surface area (Å²) in [6.45, 7) is 7.52. The van der Waals surface area contributed by atoms with E-state index in [4.69, 9.17) is 9.47 Å². The van der Waals surface area contributed by atoms with Crippen molar-refractivity contribution >= 4 is 41.3 Å². The Kier molecular flexibility index (Phi) is 12.8. The molecule has 0 saturated heterocycles. The molecule has 6 nitrogen and oxygen atoms in total. The first kappa shape index (κ1) is 24.6. The predicted molar refractivity (Wildman–Crippen MR) is 127 cm³/mol. The molecule has 0 aliphatic carbocycles. The van der Waals surface area contributed by atoms with Crippen molar-refractivity contribution in [2.45, 2.75) is 33.3 Å². The molecule has 28 heavy (non-hydrogen) atoms. The van der Waals surface area contributed by atoms with Gasteiger partial charge in [0.1, 0.15) is 5.75 Å². The van der Waals surface area contributed by atoms with Crippen LogP contribution in [0.15, 0.2) is 35.5 Å². The van der Waals surface area contributed by atoms with E-state index < -0.39 is 0 Å². The molecule has 0 fully saturated rings. The van der Waals surface area contributed by atoms with E-state index in [0.29, 0.717) is 19.8 Å². The number of rotatable bonds is 11. The van der Waals surface area contributed by atoms with Crippen molar-refractivity contribution in [3.05, 3.63) is 45.9 Å². The highest BCUT2D eigenvalue weighted by Gasteiger charge is 2.03. The summed E-state index contributed by atoms with van der Waals surface area (Å²) in [4.78, 5) is 10.3. The van der Waals surface area contributed by atoms with Crippen molar-refractivity contribution in [3.8, 4) is 5.75 Å². The summed E-state index contributed by atoms with van der Waals surface area (Å²) < 4.78 is 11.1. The number of ether oxygens (including phenoxy) is 2. The Labute approximate surface area is 189 Å². The third-order valence-electron chi connectivity index (χ3n) is 3.88.